The van der Waals surface area contributed by atoms with Crippen LogP contribution in [0, 0.1) is 0 Å². The molecule has 6 nitrogen and oxygen atoms in total. The fourth-order valence-corrected chi connectivity index (χ4v) is 1.06. The lowest BCUT2D eigenvalue weighted by atomic mass is 10.5. The Kier molecular flexibility index (Phi) is 5.80. The predicted octanol–water partition coefficient (Wildman–Crippen LogP) is 0.823. The number of phosphoric ester groups is 1. The molecule has 1 N–H and O–H groups in total. The van der Waals surface area contributed by atoms with E-state index in [9.17, 15) is 9.36 Å². The molecule has 0 heterocycles. The first-order chi connectivity index (χ1) is 5.62. The Balaban J connectivity index is 3.71. The zero-order valence-corrected chi connectivity index (χ0v) is 7.49. The van der Waals surface area contributed by atoms with E-state index in [0.29, 0.717) is 6.42 Å². The van der Waals surface area contributed by atoms with Crippen LogP contribution in [0.15, 0.2) is 4.99 Å². The Morgan fingerprint density at radius 2 is 2.25 bits per heavy atom. The largest absolute Gasteiger partial charge is 0.474 e. The molecular formula is C5H10NO5P. The van der Waals surface area contributed by atoms with Gasteiger partial charge in [-0.1, -0.05) is 6.92 Å². The lowest BCUT2D eigenvalue weighted by molar-refractivity contribution is 0.153. The molecule has 0 bridgehead atoms. The van der Waals surface area contributed by atoms with Crippen molar-refractivity contribution >= 4 is 13.9 Å². The number of nitrogens with zero attached hydrogens (tertiary/aromatic N) is 1. The maximum Gasteiger partial charge on any atom is 0.474 e. The van der Waals surface area contributed by atoms with Crippen LogP contribution in [0.2, 0.25) is 0 Å². The van der Waals surface area contributed by atoms with Gasteiger partial charge in [0.1, 0.15) is 0 Å². The topological polar surface area (TPSA) is 85.2 Å². The monoisotopic (exact) mass is 195 g/mol. The number of hydrogen-bond donors (Lipinski definition) is 1. The third-order valence-electron chi connectivity index (χ3n) is 0.809. The maximum atomic E-state index is 10.8. The fraction of sp³-hybridized carbons (Fsp3) is 0.800. The van der Waals surface area contributed by atoms with Gasteiger partial charge in [0.05, 0.1) is 6.61 Å². The number of phosphoric acid groups is 1. The average Bonchev–Trinajstić information content (AvgIpc) is 2.01. The highest BCUT2D eigenvalue weighted by molar-refractivity contribution is 7.47. The smallest absolute Gasteiger partial charge is 0.302 e. The third kappa shape index (κ3) is 6.22. The maximum absolute atomic E-state index is 10.8. The number of rotatable bonds is 6. The van der Waals surface area contributed by atoms with Gasteiger partial charge < -0.3 is 4.89 Å². The standard InChI is InChI=1S/C5H10NO5P/c1-2-3-10-12(8,9)11-5-6-4-7/h2-3,5H2,1H3,(H,8,9). The molecule has 0 aromatic heterocycles. The van der Waals surface area contributed by atoms with Crippen molar-refractivity contribution in [1.29, 1.82) is 0 Å². The minimum Gasteiger partial charge on any atom is -0.302 e. The van der Waals surface area contributed by atoms with Crippen molar-refractivity contribution in [3.63, 3.8) is 0 Å². The average molecular weight is 195 g/mol. The molecule has 1 unspecified atom stereocenters. The second-order valence-electron chi connectivity index (χ2n) is 1.81. The quantitative estimate of drug-likeness (QED) is 0.385. The van der Waals surface area contributed by atoms with Gasteiger partial charge in [-0.3, -0.25) is 9.05 Å². The number of carbonyl (C=O) groups excluding carboxylic acids is 1. The summed E-state index contributed by atoms with van der Waals surface area (Å²) in [6.07, 6.45) is 1.76. The van der Waals surface area contributed by atoms with E-state index in [4.69, 9.17) is 4.89 Å². The summed E-state index contributed by atoms with van der Waals surface area (Å²) in [7, 11) is -4.01. The van der Waals surface area contributed by atoms with Crippen LogP contribution in [0.25, 0.3) is 0 Å². The van der Waals surface area contributed by atoms with Crippen molar-refractivity contribution in [3.05, 3.63) is 0 Å². The van der Waals surface area contributed by atoms with E-state index in [1.54, 1.807) is 6.92 Å². The van der Waals surface area contributed by atoms with Gasteiger partial charge >= 0.3 is 7.82 Å². The first-order valence-electron chi connectivity index (χ1n) is 3.28. The normalized spacial score (nSPS) is 14.8. The molecule has 0 saturated carbocycles. The first-order valence-corrected chi connectivity index (χ1v) is 4.77. The Morgan fingerprint density at radius 3 is 2.75 bits per heavy atom. The molecule has 0 aromatic carbocycles. The summed E-state index contributed by atoms with van der Waals surface area (Å²) in [5, 5.41) is 0. The molecule has 0 fully saturated rings. The lowest BCUT2D eigenvalue weighted by Crippen LogP contribution is -1.95. The SMILES string of the molecule is CCCOP(=O)(O)OCN=C=O. The highest BCUT2D eigenvalue weighted by atomic mass is 31.2. The van der Waals surface area contributed by atoms with Crippen molar-refractivity contribution in [3.8, 4) is 0 Å². The molecule has 0 aliphatic heterocycles. The van der Waals surface area contributed by atoms with Crippen molar-refractivity contribution in [2.75, 3.05) is 13.3 Å². The minimum absolute atomic E-state index is 0.124. The summed E-state index contributed by atoms with van der Waals surface area (Å²) in [5.41, 5.74) is 0. The van der Waals surface area contributed by atoms with Gasteiger partial charge in [0, 0.05) is 0 Å². The van der Waals surface area contributed by atoms with Crippen LogP contribution in [0.4, 0.5) is 0 Å². The predicted molar refractivity (Wildman–Crippen MR) is 40.1 cm³/mol. The Labute approximate surface area is 69.8 Å². The summed E-state index contributed by atoms with van der Waals surface area (Å²) in [6.45, 7) is 1.39. The zero-order chi connectivity index (χ0) is 9.45. The van der Waals surface area contributed by atoms with E-state index in [0.717, 1.165) is 6.08 Å². The van der Waals surface area contributed by atoms with E-state index < -0.39 is 14.6 Å². The van der Waals surface area contributed by atoms with Crippen LogP contribution >= 0.6 is 7.82 Å². The second-order valence-corrected chi connectivity index (χ2v) is 3.26. The number of isocyanates is 1. The van der Waals surface area contributed by atoms with Crippen molar-refractivity contribution in [2.24, 2.45) is 4.99 Å². The number of hydrogen-bond acceptors (Lipinski definition) is 5. The van der Waals surface area contributed by atoms with Crippen LogP contribution in [0.3, 0.4) is 0 Å². The summed E-state index contributed by atoms with van der Waals surface area (Å²) in [6, 6.07) is 0. The third-order valence-corrected chi connectivity index (χ3v) is 1.76. The van der Waals surface area contributed by atoms with E-state index in [1.807, 2.05) is 0 Å². The fourth-order valence-electron chi connectivity index (χ4n) is 0.372. The summed E-state index contributed by atoms with van der Waals surface area (Å²) in [5.74, 6) is 0. The molecule has 0 aliphatic rings. The van der Waals surface area contributed by atoms with Crippen LogP contribution < -0.4 is 0 Å². The van der Waals surface area contributed by atoms with E-state index in [-0.39, 0.29) is 6.61 Å². The minimum atomic E-state index is -4.01. The molecule has 0 amide bonds. The van der Waals surface area contributed by atoms with E-state index in [2.05, 4.69) is 14.0 Å². The first kappa shape index (κ1) is 11.5. The van der Waals surface area contributed by atoms with Gasteiger partial charge in [-0.25, -0.2) is 9.36 Å². The molecule has 0 radical (unpaired) electrons. The van der Waals surface area contributed by atoms with Gasteiger partial charge in [0.2, 0.25) is 6.08 Å². The van der Waals surface area contributed by atoms with Crippen molar-refractivity contribution in [1.82, 2.24) is 0 Å². The van der Waals surface area contributed by atoms with E-state index >= 15 is 0 Å². The molecular weight excluding hydrogens is 185 g/mol. The zero-order valence-electron chi connectivity index (χ0n) is 6.60. The summed E-state index contributed by atoms with van der Waals surface area (Å²) < 4.78 is 19.4. The van der Waals surface area contributed by atoms with Gasteiger partial charge in [0.15, 0.2) is 6.73 Å². The Morgan fingerprint density at radius 1 is 1.58 bits per heavy atom. The molecule has 0 aliphatic carbocycles. The van der Waals surface area contributed by atoms with Gasteiger partial charge in [-0.15, -0.1) is 0 Å². The molecule has 0 rings (SSSR count). The molecule has 70 valence electrons. The molecule has 12 heavy (non-hydrogen) atoms. The van der Waals surface area contributed by atoms with Crippen molar-refractivity contribution < 1.29 is 23.3 Å². The van der Waals surface area contributed by atoms with Crippen LogP contribution in [-0.4, -0.2) is 24.3 Å². The number of aliphatic imine (C=N–C) groups is 1. The van der Waals surface area contributed by atoms with Gasteiger partial charge in [0.25, 0.3) is 0 Å². The Bertz CT molecular complexity index is 212. The molecule has 0 spiro atoms. The highest BCUT2D eigenvalue weighted by Crippen LogP contribution is 2.42. The highest BCUT2D eigenvalue weighted by Gasteiger charge is 2.19. The van der Waals surface area contributed by atoms with Gasteiger partial charge in [-0.2, -0.15) is 4.99 Å². The van der Waals surface area contributed by atoms with Gasteiger partial charge in [-0.05, 0) is 6.42 Å². The van der Waals surface area contributed by atoms with Crippen LogP contribution in [-0.2, 0) is 18.4 Å². The molecule has 7 heteroatoms. The summed E-state index contributed by atoms with van der Waals surface area (Å²) in [4.78, 5) is 21.2. The lowest BCUT2D eigenvalue weighted by Gasteiger charge is -2.08. The second kappa shape index (κ2) is 6.06. The molecule has 1 atom stereocenters. The van der Waals surface area contributed by atoms with Crippen LogP contribution in [0.1, 0.15) is 13.3 Å². The molecule has 0 aromatic rings. The van der Waals surface area contributed by atoms with E-state index in [1.165, 1.54) is 0 Å². The molecule has 0 saturated heterocycles. The summed E-state index contributed by atoms with van der Waals surface area (Å²) >= 11 is 0. The Hall–Kier alpha value is -0.510. The van der Waals surface area contributed by atoms with Crippen molar-refractivity contribution in [2.45, 2.75) is 13.3 Å². The van der Waals surface area contributed by atoms with Crippen LogP contribution in [0.5, 0.6) is 0 Å².